The van der Waals surface area contributed by atoms with Gasteiger partial charge in [0.2, 0.25) is 0 Å². The van der Waals surface area contributed by atoms with Crippen LogP contribution in [0.2, 0.25) is 0 Å². The number of nitrogens with zero attached hydrogens (tertiary/aromatic N) is 2. The molecule has 1 N–H and O–H groups in total. The van der Waals surface area contributed by atoms with Gasteiger partial charge in [-0.2, -0.15) is 0 Å². The molecule has 0 saturated heterocycles. The molecule has 1 amide bonds. The van der Waals surface area contributed by atoms with E-state index in [1.807, 2.05) is 24.3 Å². The molecular weight excluding hydrogens is 397 g/mol. The average Bonchev–Trinajstić information content (AvgIpc) is 2.80. The molecule has 0 saturated carbocycles. The van der Waals surface area contributed by atoms with Crippen molar-refractivity contribution >= 4 is 16.8 Å². The van der Waals surface area contributed by atoms with Crippen LogP contribution in [0.25, 0.3) is 16.6 Å². The number of hydrogen-bond acceptors (Lipinski definition) is 4. The lowest BCUT2D eigenvalue weighted by Gasteiger charge is -2.09. The third kappa shape index (κ3) is 4.45. The first-order valence-electron chi connectivity index (χ1n) is 9.73. The van der Waals surface area contributed by atoms with Crippen molar-refractivity contribution in [3.05, 3.63) is 100 Å². The molecule has 0 spiro atoms. The summed E-state index contributed by atoms with van der Waals surface area (Å²) in [5.74, 6) is 0.169. The molecule has 1 aromatic heterocycles. The van der Waals surface area contributed by atoms with Crippen LogP contribution < -0.4 is 15.6 Å². The Morgan fingerprint density at radius 1 is 1.06 bits per heavy atom. The number of hydrogen-bond donors (Lipinski definition) is 1. The molecular formula is C24H20FN3O3. The molecule has 0 bridgehead atoms. The molecule has 0 aliphatic heterocycles. The fourth-order valence-electron chi connectivity index (χ4n) is 3.26. The van der Waals surface area contributed by atoms with Crippen LogP contribution in [-0.4, -0.2) is 29.1 Å². The highest BCUT2D eigenvalue weighted by Gasteiger charge is 2.10. The summed E-state index contributed by atoms with van der Waals surface area (Å²) >= 11 is 0. The van der Waals surface area contributed by atoms with E-state index in [1.165, 1.54) is 35.2 Å². The summed E-state index contributed by atoms with van der Waals surface area (Å²) in [5, 5.41) is 3.26. The van der Waals surface area contributed by atoms with Crippen molar-refractivity contribution in [2.75, 3.05) is 13.7 Å². The number of ether oxygens (including phenoxy) is 1. The largest absolute Gasteiger partial charge is 0.497 e. The minimum atomic E-state index is -0.381. The second-order valence-corrected chi connectivity index (χ2v) is 6.98. The maximum atomic E-state index is 13.1. The maximum absolute atomic E-state index is 13.1. The molecule has 1 heterocycles. The molecule has 7 heteroatoms. The smallest absolute Gasteiger partial charge is 0.265 e. The monoisotopic (exact) mass is 417 g/mol. The van der Waals surface area contributed by atoms with Gasteiger partial charge in [-0.25, -0.2) is 9.37 Å². The molecule has 3 aromatic carbocycles. The van der Waals surface area contributed by atoms with Gasteiger partial charge in [-0.15, -0.1) is 0 Å². The first-order chi connectivity index (χ1) is 15.0. The number of benzene rings is 3. The zero-order chi connectivity index (χ0) is 21.8. The Morgan fingerprint density at radius 3 is 2.52 bits per heavy atom. The van der Waals surface area contributed by atoms with Crippen molar-refractivity contribution in [1.29, 1.82) is 0 Å². The molecule has 0 aliphatic carbocycles. The van der Waals surface area contributed by atoms with Gasteiger partial charge >= 0.3 is 0 Å². The normalized spacial score (nSPS) is 10.8. The highest BCUT2D eigenvalue weighted by atomic mass is 19.1. The third-order valence-electron chi connectivity index (χ3n) is 4.98. The van der Waals surface area contributed by atoms with E-state index in [1.54, 1.807) is 25.3 Å². The standard InChI is InChI=1S/C24H20FN3O3/c1-31-20-9-2-16(3-10-20)12-13-26-23(29)17-4-11-21-22(14-17)27-15-28(24(21)30)19-7-5-18(25)6-8-19/h2-11,14-15H,12-13H2,1H3,(H,26,29). The molecule has 156 valence electrons. The summed E-state index contributed by atoms with van der Waals surface area (Å²) in [5.41, 5.74) is 2.16. The van der Waals surface area contributed by atoms with Crippen LogP contribution >= 0.6 is 0 Å². The summed E-state index contributed by atoms with van der Waals surface area (Å²) in [4.78, 5) is 29.6. The Morgan fingerprint density at radius 2 is 1.81 bits per heavy atom. The van der Waals surface area contributed by atoms with Gasteiger partial charge in [-0.1, -0.05) is 12.1 Å². The van der Waals surface area contributed by atoms with Crippen LogP contribution in [0.15, 0.2) is 77.9 Å². The average molecular weight is 417 g/mol. The highest BCUT2D eigenvalue weighted by molar-refractivity contribution is 5.97. The van der Waals surface area contributed by atoms with E-state index in [-0.39, 0.29) is 17.3 Å². The first-order valence-corrected chi connectivity index (χ1v) is 9.73. The lowest BCUT2D eigenvalue weighted by atomic mass is 10.1. The van der Waals surface area contributed by atoms with Crippen molar-refractivity contribution in [3.8, 4) is 11.4 Å². The predicted molar refractivity (Wildman–Crippen MR) is 116 cm³/mol. The van der Waals surface area contributed by atoms with Crippen molar-refractivity contribution in [2.45, 2.75) is 6.42 Å². The molecule has 4 rings (SSSR count). The van der Waals surface area contributed by atoms with E-state index in [4.69, 9.17) is 4.74 Å². The van der Waals surface area contributed by atoms with Gasteiger partial charge in [0.15, 0.2) is 0 Å². The van der Waals surface area contributed by atoms with Gasteiger partial charge < -0.3 is 10.1 Å². The Bertz CT molecular complexity index is 1280. The van der Waals surface area contributed by atoms with E-state index in [0.717, 1.165) is 11.3 Å². The van der Waals surface area contributed by atoms with Crippen LogP contribution in [-0.2, 0) is 6.42 Å². The first kappa shape index (κ1) is 20.3. The fourth-order valence-corrected chi connectivity index (χ4v) is 3.26. The number of carbonyl (C=O) groups is 1. The predicted octanol–water partition coefficient (Wildman–Crippen LogP) is 3.51. The Labute approximate surface area is 177 Å². The molecule has 31 heavy (non-hydrogen) atoms. The molecule has 4 aromatic rings. The van der Waals surface area contributed by atoms with Crippen LogP contribution in [0.5, 0.6) is 5.75 Å². The Balaban J connectivity index is 1.48. The van der Waals surface area contributed by atoms with Gasteiger partial charge in [-0.3, -0.25) is 14.2 Å². The summed E-state index contributed by atoms with van der Waals surface area (Å²) in [7, 11) is 1.62. The van der Waals surface area contributed by atoms with E-state index < -0.39 is 0 Å². The molecule has 0 unspecified atom stereocenters. The van der Waals surface area contributed by atoms with Gasteiger partial charge in [0.05, 0.1) is 23.7 Å². The lowest BCUT2D eigenvalue weighted by molar-refractivity contribution is 0.0954. The Kier molecular flexibility index (Phi) is 5.75. The number of amides is 1. The number of rotatable bonds is 6. The number of nitrogens with one attached hydrogen (secondary N) is 1. The van der Waals surface area contributed by atoms with Crippen LogP contribution in [0, 0.1) is 5.82 Å². The lowest BCUT2D eigenvalue weighted by Crippen LogP contribution is -2.26. The third-order valence-corrected chi connectivity index (χ3v) is 4.98. The molecule has 0 aliphatic rings. The van der Waals surface area contributed by atoms with Crippen molar-refractivity contribution in [1.82, 2.24) is 14.9 Å². The van der Waals surface area contributed by atoms with Crippen LogP contribution in [0.3, 0.4) is 0 Å². The molecule has 0 atom stereocenters. The number of carbonyl (C=O) groups excluding carboxylic acids is 1. The second-order valence-electron chi connectivity index (χ2n) is 6.98. The minimum Gasteiger partial charge on any atom is -0.497 e. The van der Waals surface area contributed by atoms with Gasteiger partial charge in [0.1, 0.15) is 17.9 Å². The zero-order valence-electron chi connectivity index (χ0n) is 16.8. The summed E-state index contributed by atoms with van der Waals surface area (Å²) < 4.78 is 19.6. The van der Waals surface area contributed by atoms with E-state index >= 15 is 0 Å². The minimum absolute atomic E-state index is 0.236. The van der Waals surface area contributed by atoms with Gasteiger partial charge in [-0.05, 0) is 66.6 Å². The number of halogens is 1. The fraction of sp³-hybridized carbons (Fsp3) is 0.125. The quantitative estimate of drug-likeness (QED) is 0.521. The molecule has 0 fully saturated rings. The van der Waals surface area contributed by atoms with Gasteiger partial charge in [0, 0.05) is 12.1 Å². The van der Waals surface area contributed by atoms with Crippen LogP contribution in [0.1, 0.15) is 15.9 Å². The van der Waals surface area contributed by atoms with Crippen molar-refractivity contribution in [3.63, 3.8) is 0 Å². The van der Waals surface area contributed by atoms with E-state index in [2.05, 4.69) is 10.3 Å². The van der Waals surface area contributed by atoms with Crippen LogP contribution in [0.4, 0.5) is 4.39 Å². The summed E-state index contributed by atoms with van der Waals surface area (Å²) in [6.45, 7) is 0.475. The summed E-state index contributed by atoms with van der Waals surface area (Å²) in [6, 6.07) is 18.0. The summed E-state index contributed by atoms with van der Waals surface area (Å²) in [6.07, 6.45) is 2.06. The van der Waals surface area contributed by atoms with E-state index in [0.29, 0.717) is 35.1 Å². The Hall–Kier alpha value is -4.00. The molecule has 0 radical (unpaired) electrons. The van der Waals surface area contributed by atoms with E-state index in [9.17, 15) is 14.0 Å². The SMILES string of the molecule is COc1ccc(CCNC(=O)c2ccc3c(=O)n(-c4ccc(F)cc4)cnc3c2)cc1. The topological polar surface area (TPSA) is 73.2 Å². The zero-order valence-corrected chi connectivity index (χ0v) is 16.8. The van der Waals surface area contributed by atoms with Gasteiger partial charge in [0.25, 0.3) is 11.5 Å². The van der Waals surface area contributed by atoms with Crippen molar-refractivity contribution < 1.29 is 13.9 Å². The maximum Gasteiger partial charge on any atom is 0.265 e. The number of fused-ring (bicyclic) bond motifs is 1. The number of aromatic nitrogens is 2. The highest BCUT2D eigenvalue weighted by Crippen LogP contribution is 2.14. The second kappa shape index (κ2) is 8.79. The number of methoxy groups -OCH3 is 1. The van der Waals surface area contributed by atoms with Crippen molar-refractivity contribution in [2.24, 2.45) is 0 Å². The molecule has 6 nitrogen and oxygen atoms in total.